The van der Waals surface area contributed by atoms with Gasteiger partial charge in [0.1, 0.15) is 9.84 Å². The van der Waals surface area contributed by atoms with Crippen molar-refractivity contribution in [3.8, 4) is 0 Å². The van der Waals surface area contributed by atoms with Crippen LogP contribution in [0, 0.1) is 11.8 Å². The van der Waals surface area contributed by atoms with Crippen molar-refractivity contribution in [3.05, 3.63) is 0 Å². The van der Waals surface area contributed by atoms with Crippen molar-refractivity contribution in [1.82, 2.24) is 10.2 Å². The molecular formula is C14H30IN3O2S. The van der Waals surface area contributed by atoms with Crippen LogP contribution in [-0.4, -0.2) is 58.0 Å². The van der Waals surface area contributed by atoms with Crippen molar-refractivity contribution in [2.45, 2.75) is 33.1 Å². The lowest BCUT2D eigenvalue weighted by atomic mass is 9.97. The number of rotatable bonds is 6. The molecule has 0 spiro atoms. The average molecular weight is 431 g/mol. The molecule has 1 unspecified atom stereocenters. The van der Waals surface area contributed by atoms with Crippen molar-refractivity contribution in [2.24, 2.45) is 16.8 Å². The molecule has 0 amide bonds. The molecule has 0 aromatic carbocycles. The monoisotopic (exact) mass is 431 g/mol. The van der Waals surface area contributed by atoms with Crippen LogP contribution in [0.15, 0.2) is 4.99 Å². The zero-order valence-electron chi connectivity index (χ0n) is 13.6. The van der Waals surface area contributed by atoms with E-state index in [4.69, 9.17) is 0 Å². The van der Waals surface area contributed by atoms with E-state index in [0.29, 0.717) is 13.0 Å². The van der Waals surface area contributed by atoms with E-state index in [2.05, 4.69) is 29.1 Å². The Morgan fingerprint density at radius 2 is 2.10 bits per heavy atom. The van der Waals surface area contributed by atoms with E-state index in [0.717, 1.165) is 30.9 Å². The molecule has 0 bridgehead atoms. The molecule has 0 aromatic rings. The molecule has 21 heavy (non-hydrogen) atoms. The number of likely N-dealkylation sites (tertiary alicyclic amines) is 1. The van der Waals surface area contributed by atoms with Crippen molar-refractivity contribution in [1.29, 1.82) is 0 Å². The molecule has 1 heterocycles. The summed E-state index contributed by atoms with van der Waals surface area (Å²) in [5, 5.41) is 3.27. The highest BCUT2D eigenvalue weighted by Crippen LogP contribution is 2.23. The molecular weight excluding hydrogens is 401 g/mol. The summed E-state index contributed by atoms with van der Waals surface area (Å²) in [5.74, 6) is 2.63. The number of guanidine groups is 1. The number of nitrogens with zero attached hydrogens (tertiary/aromatic N) is 2. The summed E-state index contributed by atoms with van der Waals surface area (Å²) < 4.78 is 22.2. The summed E-state index contributed by atoms with van der Waals surface area (Å²) in [5.41, 5.74) is 0. The SMILES string of the molecule is CN=C(NCCCS(C)(=O)=O)N1CCC(CC(C)C)C1.I. The van der Waals surface area contributed by atoms with Crippen LogP contribution >= 0.6 is 24.0 Å². The Kier molecular flexibility index (Phi) is 9.84. The summed E-state index contributed by atoms with van der Waals surface area (Å²) in [7, 11) is -1.08. The van der Waals surface area contributed by atoms with E-state index in [1.165, 1.54) is 19.1 Å². The maximum Gasteiger partial charge on any atom is 0.193 e. The number of hydrogen-bond acceptors (Lipinski definition) is 3. The fraction of sp³-hybridized carbons (Fsp3) is 0.929. The van der Waals surface area contributed by atoms with Gasteiger partial charge in [-0.05, 0) is 31.1 Å². The van der Waals surface area contributed by atoms with E-state index in [1.54, 1.807) is 7.05 Å². The molecule has 0 saturated carbocycles. The minimum absolute atomic E-state index is 0. The molecule has 1 rings (SSSR count). The van der Waals surface area contributed by atoms with Crippen molar-refractivity contribution in [2.75, 3.05) is 38.7 Å². The third-order valence-corrected chi connectivity index (χ3v) is 4.61. The van der Waals surface area contributed by atoms with Gasteiger partial charge in [-0.25, -0.2) is 8.42 Å². The Hall–Kier alpha value is -0.0500. The second-order valence-corrected chi connectivity index (χ2v) is 8.45. The second-order valence-electron chi connectivity index (χ2n) is 6.19. The third-order valence-electron chi connectivity index (χ3n) is 3.58. The van der Waals surface area contributed by atoms with Crippen LogP contribution in [0.3, 0.4) is 0 Å². The number of aliphatic imine (C=N–C) groups is 1. The lowest BCUT2D eigenvalue weighted by molar-refractivity contribution is 0.403. The van der Waals surface area contributed by atoms with E-state index < -0.39 is 9.84 Å². The first-order valence-corrected chi connectivity index (χ1v) is 9.51. The first-order chi connectivity index (χ1) is 9.31. The highest BCUT2D eigenvalue weighted by molar-refractivity contribution is 14.0. The van der Waals surface area contributed by atoms with Gasteiger partial charge in [0.2, 0.25) is 0 Å². The third kappa shape index (κ3) is 8.85. The summed E-state index contributed by atoms with van der Waals surface area (Å²) in [6.45, 7) is 7.29. The number of nitrogens with one attached hydrogen (secondary N) is 1. The van der Waals surface area contributed by atoms with Gasteiger partial charge in [0.05, 0.1) is 5.75 Å². The van der Waals surface area contributed by atoms with Gasteiger partial charge in [0.15, 0.2) is 5.96 Å². The predicted molar refractivity (Wildman–Crippen MR) is 100 cm³/mol. The van der Waals surface area contributed by atoms with Gasteiger partial charge in [-0.1, -0.05) is 13.8 Å². The summed E-state index contributed by atoms with van der Waals surface area (Å²) >= 11 is 0. The Balaban J connectivity index is 0.00000400. The minimum Gasteiger partial charge on any atom is -0.356 e. The number of sulfone groups is 1. The first-order valence-electron chi connectivity index (χ1n) is 7.45. The number of hydrogen-bond donors (Lipinski definition) is 1. The van der Waals surface area contributed by atoms with Gasteiger partial charge in [-0.15, -0.1) is 24.0 Å². The fourth-order valence-electron chi connectivity index (χ4n) is 2.75. The molecule has 126 valence electrons. The van der Waals surface area contributed by atoms with Crippen LogP contribution in [-0.2, 0) is 9.84 Å². The zero-order chi connectivity index (χ0) is 15.2. The molecule has 1 atom stereocenters. The Labute approximate surface area is 146 Å². The molecule has 0 aliphatic carbocycles. The topological polar surface area (TPSA) is 61.8 Å². The lowest BCUT2D eigenvalue weighted by Gasteiger charge is -2.22. The average Bonchev–Trinajstić information content (AvgIpc) is 2.75. The molecule has 1 aliphatic heterocycles. The van der Waals surface area contributed by atoms with E-state index in [1.807, 2.05) is 0 Å². The fourth-order valence-corrected chi connectivity index (χ4v) is 3.42. The van der Waals surface area contributed by atoms with Crippen LogP contribution in [0.5, 0.6) is 0 Å². The molecule has 1 fully saturated rings. The molecule has 1 aliphatic rings. The lowest BCUT2D eigenvalue weighted by Crippen LogP contribution is -2.40. The van der Waals surface area contributed by atoms with Gasteiger partial charge in [0.25, 0.3) is 0 Å². The Morgan fingerprint density at radius 3 is 2.62 bits per heavy atom. The van der Waals surface area contributed by atoms with Crippen LogP contribution in [0.2, 0.25) is 0 Å². The standard InChI is InChI=1S/C14H29N3O2S.HI/c1-12(2)10-13-6-8-17(11-13)14(15-3)16-7-5-9-20(4,18)19;/h12-13H,5-11H2,1-4H3,(H,15,16);1H. The molecule has 7 heteroatoms. The quantitative estimate of drug-likeness (QED) is 0.303. The largest absolute Gasteiger partial charge is 0.356 e. The van der Waals surface area contributed by atoms with Crippen LogP contribution < -0.4 is 5.32 Å². The normalized spacial score (nSPS) is 19.8. The number of halogens is 1. The summed E-state index contributed by atoms with van der Waals surface area (Å²) in [6.07, 6.45) is 4.39. The maximum absolute atomic E-state index is 11.1. The van der Waals surface area contributed by atoms with E-state index in [-0.39, 0.29) is 29.7 Å². The van der Waals surface area contributed by atoms with Crippen molar-refractivity contribution < 1.29 is 8.42 Å². The molecule has 0 aromatic heterocycles. The summed E-state index contributed by atoms with van der Waals surface area (Å²) in [6, 6.07) is 0. The molecule has 0 radical (unpaired) electrons. The first kappa shape index (κ1) is 20.9. The van der Waals surface area contributed by atoms with Gasteiger partial charge in [-0.3, -0.25) is 4.99 Å². The van der Waals surface area contributed by atoms with Gasteiger partial charge in [-0.2, -0.15) is 0 Å². The zero-order valence-corrected chi connectivity index (χ0v) is 16.8. The summed E-state index contributed by atoms with van der Waals surface area (Å²) in [4.78, 5) is 6.58. The van der Waals surface area contributed by atoms with Crippen molar-refractivity contribution >= 4 is 39.8 Å². The van der Waals surface area contributed by atoms with Crippen molar-refractivity contribution in [3.63, 3.8) is 0 Å². The minimum atomic E-state index is -2.86. The molecule has 1 N–H and O–H groups in total. The highest BCUT2D eigenvalue weighted by Gasteiger charge is 2.25. The van der Waals surface area contributed by atoms with Gasteiger partial charge in [0, 0.05) is 32.9 Å². The molecule has 5 nitrogen and oxygen atoms in total. The van der Waals surface area contributed by atoms with Crippen LogP contribution in [0.1, 0.15) is 33.1 Å². The van der Waals surface area contributed by atoms with Crippen LogP contribution in [0.25, 0.3) is 0 Å². The van der Waals surface area contributed by atoms with E-state index >= 15 is 0 Å². The second kappa shape index (κ2) is 9.86. The maximum atomic E-state index is 11.1. The smallest absolute Gasteiger partial charge is 0.193 e. The van der Waals surface area contributed by atoms with Gasteiger partial charge >= 0.3 is 0 Å². The Morgan fingerprint density at radius 1 is 1.43 bits per heavy atom. The van der Waals surface area contributed by atoms with Gasteiger partial charge < -0.3 is 10.2 Å². The molecule has 1 saturated heterocycles. The Bertz CT molecular complexity index is 424. The van der Waals surface area contributed by atoms with Crippen LogP contribution in [0.4, 0.5) is 0 Å². The highest BCUT2D eigenvalue weighted by atomic mass is 127. The van der Waals surface area contributed by atoms with E-state index in [9.17, 15) is 8.42 Å². The predicted octanol–water partition coefficient (Wildman–Crippen LogP) is 1.98.